The number of carbonyl (C=O) groups is 2. The standard InChI is InChI=1S/C21H13F3N6O.C19H13F3N6O/c1-12(31)28-16-6-15(9-26-10-16)13-5-14(8-25)17-11-27-30(18(17)7-13)20-4-2-3-19(29-20)21(22,23)24;20-19(21,22)16-2-1-3-17(27-16)28-15-6-10(11-4-12(23)8-25-7-11)5-13(18(24)29)14(15)9-26-28/h2-7,9-11H,1H3,(H,28,31);1-9H,23H2,(H2,24,29). The molecule has 6 aromatic heterocycles. The number of hydrogen-bond acceptors (Lipinski definition) is 10. The Morgan fingerprint density at radius 3 is 1.75 bits per heavy atom. The fourth-order valence-corrected chi connectivity index (χ4v) is 6.13. The van der Waals surface area contributed by atoms with Crippen molar-refractivity contribution in [3.05, 3.63) is 132 Å². The molecule has 8 rings (SSSR count). The van der Waals surface area contributed by atoms with Crippen LogP contribution in [-0.2, 0) is 17.1 Å². The van der Waals surface area contributed by atoms with Crippen LogP contribution in [0.2, 0.25) is 0 Å². The number of rotatable bonds is 6. The van der Waals surface area contributed by atoms with Crippen LogP contribution in [0.3, 0.4) is 0 Å². The molecule has 5 N–H and O–H groups in total. The quantitative estimate of drug-likeness (QED) is 0.141. The average molecular weight is 821 g/mol. The first-order valence-electron chi connectivity index (χ1n) is 17.3. The van der Waals surface area contributed by atoms with Crippen LogP contribution in [0.4, 0.5) is 37.7 Å². The second kappa shape index (κ2) is 15.6. The van der Waals surface area contributed by atoms with Crippen molar-refractivity contribution >= 4 is 45.0 Å². The average Bonchev–Trinajstić information content (AvgIpc) is 3.85. The van der Waals surface area contributed by atoms with Crippen LogP contribution in [0.15, 0.2) is 110 Å². The van der Waals surface area contributed by atoms with E-state index in [0.717, 1.165) is 12.1 Å². The second-order valence-electron chi connectivity index (χ2n) is 12.9. The molecular formula is C40H26F6N12O2. The van der Waals surface area contributed by atoms with Gasteiger partial charge in [-0.3, -0.25) is 19.6 Å². The Morgan fingerprint density at radius 1 is 0.683 bits per heavy atom. The molecular weight excluding hydrogens is 795 g/mol. The third-order valence-electron chi connectivity index (χ3n) is 8.73. The van der Waals surface area contributed by atoms with Crippen molar-refractivity contribution in [3.63, 3.8) is 0 Å². The minimum atomic E-state index is -4.60. The van der Waals surface area contributed by atoms with Crippen LogP contribution >= 0.6 is 0 Å². The number of amides is 2. The highest BCUT2D eigenvalue weighted by atomic mass is 19.4. The van der Waals surface area contributed by atoms with E-state index in [2.05, 4.69) is 41.5 Å². The zero-order chi connectivity index (χ0) is 42.9. The number of aromatic nitrogens is 8. The summed E-state index contributed by atoms with van der Waals surface area (Å²) in [6.07, 6.45) is -0.389. The number of fused-ring (bicyclic) bond motifs is 2. The molecule has 0 aliphatic heterocycles. The van der Waals surface area contributed by atoms with Gasteiger partial charge in [0, 0.05) is 47.4 Å². The number of nitriles is 1. The van der Waals surface area contributed by atoms with Gasteiger partial charge >= 0.3 is 12.4 Å². The molecule has 0 bridgehead atoms. The number of nitrogen functional groups attached to an aromatic ring is 1. The van der Waals surface area contributed by atoms with Crippen molar-refractivity contribution in [2.75, 3.05) is 11.1 Å². The number of nitrogens with two attached hydrogens (primary N) is 2. The zero-order valence-corrected chi connectivity index (χ0v) is 30.7. The summed E-state index contributed by atoms with van der Waals surface area (Å²) in [5.41, 5.74) is 13.6. The largest absolute Gasteiger partial charge is 0.433 e. The van der Waals surface area contributed by atoms with E-state index in [-0.39, 0.29) is 28.7 Å². The molecule has 0 saturated carbocycles. The number of alkyl halides is 6. The molecule has 0 unspecified atom stereocenters. The second-order valence-corrected chi connectivity index (χ2v) is 12.9. The fourth-order valence-electron chi connectivity index (χ4n) is 6.13. The third kappa shape index (κ3) is 8.26. The van der Waals surface area contributed by atoms with Gasteiger partial charge in [-0.05, 0) is 71.8 Å². The van der Waals surface area contributed by atoms with Crippen molar-refractivity contribution in [2.24, 2.45) is 5.73 Å². The van der Waals surface area contributed by atoms with Gasteiger partial charge in [-0.1, -0.05) is 12.1 Å². The molecule has 0 aliphatic carbocycles. The van der Waals surface area contributed by atoms with Gasteiger partial charge in [0.25, 0.3) is 0 Å². The third-order valence-corrected chi connectivity index (χ3v) is 8.73. The lowest BCUT2D eigenvalue weighted by molar-refractivity contribution is -0.141. The Bertz CT molecular complexity index is 3010. The fraction of sp³-hybridized carbons (Fsp3) is 0.0750. The maximum absolute atomic E-state index is 13.1. The molecule has 8 aromatic rings. The zero-order valence-electron chi connectivity index (χ0n) is 30.7. The number of hydrogen-bond donors (Lipinski definition) is 3. The number of anilines is 2. The maximum Gasteiger partial charge on any atom is 0.433 e. The van der Waals surface area contributed by atoms with Crippen LogP contribution in [0.1, 0.15) is 34.2 Å². The summed E-state index contributed by atoms with van der Waals surface area (Å²) >= 11 is 0. The van der Waals surface area contributed by atoms with Gasteiger partial charge in [-0.2, -0.15) is 41.8 Å². The number of pyridine rings is 4. The highest BCUT2D eigenvalue weighted by Gasteiger charge is 2.34. The molecule has 2 amide bonds. The highest BCUT2D eigenvalue weighted by molar-refractivity contribution is 6.07. The summed E-state index contributed by atoms with van der Waals surface area (Å²) in [7, 11) is 0. The Morgan fingerprint density at radius 2 is 1.22 bits per heavy atom. The van der Waals surface area contributed by atoms with Gasteiger partial charge in [0.1, 0.15) is 11.4 Å². The number of halogens is 6. The Labute approximate surface area is 333 Å². The molecule has 14 nitrogen and oxygen atoms in total. The molecule has 60 heavy (non-hydrogen) atoms. The number of primary amides is 1. The molecule has 300 valence electrons. The van der Waals surface area contributed by atoms with Crippen LogP contribution in [-0.4, -0.2) is 51.3 Å². The molecule has 0 spiro atoms. The highest BCUT2D eigenvalue weighted by Crippen LogP contribution is 2.33. The van der Waals surface area contributed by atoms with Gasteiger partial charge in [-0.15, -0.1) is 0 Å². The number of carbonyl (C=O) groups excluding carboxylic acids is 2. The maximum atomic E-state index is 13.1. The molecule has 20 heteroatoms. The minimum absolute atomic E-state index is 0.0315. The Kier molecular flexibility index (Phi) is 10.4. The SMILES string of the molecule is CC(=O)Nc1cncc(-c2cc(C#N)c3cnn(-c4cccc(C(F)(F)F)n4)c3c2)c1.NC(=O)c1cc(-c2cncc(N)c2)cc2c1cnn2-c1cccc(C(F)(F)F)n1. The van der Waals surface area contributed by atoms with Crippen LogP contribution in [0.5, 0.6) is 0 Å². The predicted octanol–water partition coefficient (Wildman–Crippen LogP) is 7.51. The van der Waals surface area contributed by atoms with E-state index in [1.165, 1.54) is 65.3 Å². The van der Waals surface area contributed by atoms with Crippen molar-refractivity contribution < 1.29 is 35.9 Å². The molecule has 0 aliphatic rings. The van der Waals surface area contributed by atoms with E-state index in [1.54, 1.807) is 48.8 Å². The first-order valence-corrected chi connectivity index (χ1v) is 17.3. The monoisotopic (exact) mass is 820 g/mol. The van der Waals surface area contributed by atoms with Crippen LogP contribution < -0.4 is 16.8 Å². The Hall–Kier alpha value is -8.21. The summed E-state index contributed by atoms with van der Waals surface area (Å²) in [6.45, 7) is 1.37. The van der Waals surface area contributed by atoms with E-state index < -0.39 is 29.6 Å². The van der Waals surface area contributed by atoms with E-state index in [4.69, 9.17) is 11.5 Å². The van der Waals surface area contributed by atoms with Crippen LogP contribution in [0.25, 0.3) is 55.7 Å². The molecule has 2 aromatic carbocycles. The van der Waals surface area contributed by atoms with E-state index in [1.807, 2.05) is 0 Å². The summed E-state index contributed by atoms with van der Waals surface area (Å²) in [5, 5.41) is 21.4. The number of nitrogens with zero attached hydrogens (tertiary/aromatic N) is 9. The van der Waals surface area contributed by atoms with E-state index in [9.17, 15) is 41.2 Å². The lowest BCUT2D eigenvalue weighted by Gasteiger charge is -2.10. The van der Waals surface area contributed by atoms with Crippen LogP contribution in [0, 0.1) is 11.3 Å². The van der Waals surface area contributed by atoms with Gasteiger partial charge in [0.2, 0.25) is 11.8 Å². The van der Waals surface area contributed by atoms with E-state index >= 15 is 0 Å². The lowest BCUT2D eigenvalue weighted by Crippen LogP contribution is -2.12. The van der Waals surface area contributed by atoms with Crippen molar-refractivity contribution in [1.29, 1.82) is 5.26 Å². The molecule has 6 heterocycles. The molecule has 0 fully saturated rings. The minimum Gasteiger partial charge on any atom is -0.397 e. The van der Waals surface area contributed by atoms with Crippen molar-refractivity contribution in [3.8, 4) is 40.0 Å². The van der Waals surface area contributed by atoms with E-state index in [0.29, 0.717) is 55.4 Å². The van der Waals surface area contributed by atoms with Gasteiger partial charge in [0.15, 0.2) is 11.6 Å². The first-order chi connectivity index (χ1) is 28.5. The molecule has 0 saturated heterocycles. The normalized spacial score (nSPS) is 11.5. The molecule has 0 atom stereocenters. The predicted molar refractivity (Wildman–Crippen MR) is 206 cm³/mol. The van der Waals surface area contributed by atoms with Gasteiger partial charge < -0.3 is 16.8 Å². The molecule has 0 radical (unpaired) electrons. The summed E-state index contributed by atoms with van der Waals surface area (Å²) in [6, 6.07) is 19.0. The van der Waals surface area contributed by atoms with Gasteiger partial charge in [-0.25, -0.2) is 19.3 Å². The Balaban J connectivity index is 0.000000182. The number of nitrogens with one attached hydrogen (secondary N) is 1. The summed E-state index contributed by atoms with van der Waals surface area (Å²) in [4.78, 5) is 38.7. The summed E-state index contributed by atoms with van der Waals surface area (Å²) in [5.74, 6) is -1.05. The summed E-state index contributed by atoms with van der Waals surface area (Å²) < 4.78 is 80.9. The lowest BCUT2D eigenvalue weighted by atomic mass is 10.0. The van der Waals surface area contributed by atoms with Crippen molar-refractivity contribution in [2.45, 2.75) is 19.3 Å². The smallest absolute Gasteiger partial charge is 0.397 e. The number of benzene rings is 2. The first kappa shape index (κ1) is 40.0. The van der Waals surface area contributed by atoms with Gasteiger partial charge in [0.05, 0.1) is 58.2 Å². The topological polar surface area (TPSA) is 209 Å². The van der Waals surface area contributed by atoms with Crippen molar-refractivity contribution in [1.82, 2.24) is 39.5 Å².